The summed E-state index contributed by atoms with van der Waals surface area (Å²) in [6.45, 7) is 3.44. The minimum Gasteiger partial charge on any atom is -0.448 e. The number of amides is 3. The molecule has 0 heterocycles. The van der Waals surface area contributed by atoms with Gasteiger partial charge in [0.1, 0.15) is 0 Å². The van der Waals surface area contributed by atoms with Gasteiger partial charge in [-0.05, 0) is 36.0 Å². The number of esters is 1. The van der Waals surface area contributed by atoms with Crippen LogP contribution in [0.5, 0.6) is 0 Å². The lowest BCUT2D eigenvalue weighted by molar-refractivity contribution is -0.130. The van der Waals surface area contributed by atoms with Gasteiger partial charge in [-0.2, -0.15) is 0 Å². The van der Waals surface area contributed by atoms with Gasteiger partial charge in [0, 0.05) is 0 Å². The van der Waals surface area contributed by atoms with E-state index in [9.17, 15) is 14.4 Å². The molecule has 0 aliphatic rings. The molecule has 0 saturated heterocycles. The first-order valence-electron chi connectivity index (χ1n) is 8.81. The van der Waals surface area contributed by atoms with Gasteiger partial charge in [-0.15, -0.1) is 0 Å². The van der Waals surface area contributed by atoms with Crippen LogP contribution in [0.25, 0.3) is 0 Å². The second kappa shape index (κ2) is 9.52. The summed E-state index contributed by atoms with van der Waals surface area (Å²) in [6, 6.07) is 16.1. The third-order valence-corrected chi connectivity index (χ3v) is 4.11. The minimum absolute atomic E-state index is 0.315. The lowest BCUT2D eigenvalue weighted by atomic mass is 9.99. The molecule has 0 fully saturated rings. The van der Waals surface area contributed by atoms with Crippen LogP contribution in [0.3, 0.4) is 0 Å². The second-order valence-electron chi connectivity index (χ2n) is 6.57. The fraction of sp³-hybridized carbons (Fsp3) is 0.286. The van der Waals surface area contributed by atoms with Crippen molar-refractivity contribution in [3.8, 4) is 0 Å². The SMILES string of the molecule is CC(C)C(OC(=O)c1ccccc1CCc1ccccc1)C(=O)NC(N)=O. The third kappa shape index (κ3) is 5.95. The number of imide groups is 1. The van der Waals surface area contributed by atoms with Gasteiger partial charge < -0.3 is 10.5 Å². The van der Waals surface area contributed by atoms with Crippen molar-refractivity contribution >= 4 is 17.9 Å². The van der Waals surface area contributed by atoms with Crippen LogP contribution in [0.4, 0.5) is 4.79 Å². The highest BCUT2D eigenvalue weighted by atomic mass is 16.5. The van der Waals surface area contributed by atoms with E-state index < -0.39 is 24.0 Å². The Morgan fingerprint density at radius 1 is 0.963 bits per heavy atom. The van der Waals surface area contributed by atoms with Gasteiger partial charge in [0.25, 0.3) is 5.91 Å². The summed E-state index contributed by atoms with van der Waals surface area (Å²) in [5.74, 6) is -1.64. The van der Waals surface area contributed by atoms with E-state index in [0.29, 0.717) is 12.0 Å². The summed E-state index contributed by atoms with van der Waals surface area (Å²) in [7, 11) is 0. The van der Waals surface area contributed by atoms with Crippen molar-refractivity contribution in [3.05, 3.63) is 71.3 Å². The van der Waals surface area contributed by atoms with E-state index in [4.69, 9.17) is 10.5 Å². The van der Waals surface area contributed by atoms with Crippen LogP contribution in [0.2, 0.25) is 0 Å². The number of benzene rings is 2. The molecule has 1 atom stereocenters. The van der Waals surface area contributed by atoms with Gasteiger partial charge in [0.05, 0.1) is 5.56 Å². The third-order valence-electron chi connectivity index (χ3n) is 4.11. The Hall–Kier alpha value is -3.15. The molecule has 6 heteroatoms. The number of nitrogens with two attached hydrogens (primary N) is 1. The Morgan fingerprint density at radius 3 is 2.22 bits per heavy atom. The van der Waals surface area contributed by atoms with Crippen molar-refractivity contribution in [1.82, 2.24) is 5.32 Å². The highest BCUT2D eigenvalue weighted by molar-refractivity contribution is 5.98. The summed E-state index contributed by atoms with van der Waals surface area (Å²) in [5.41, 5.74) is 7.39. The number of carbonyl (C=O) groups excluding carboxylic acids is 3. The number of aryl methyl sites for hydroxylation is 2. The molecular weight excluding hydrogens is 344 g/mol. The van der Waals surface area contributed by atoms with E-state index in [2.05, 4.69) is 0 Å². The molecular formula is C21H24N2O4. The highest BCUT2D eigenvalue weighted by Gasteiger charge is 2.28. The van der Waals surface area contributed by atoms with E-state index in [-0.39, 0.29) is 5.92 Å². The van der Waals surface area contributed by atoms with Gasteiger partial charge in [0.15, 0.2) is 6.10 Å². The summed E-state index contributed by atoms with van der Waals surface area (Å²) in [6.07, 6.45) is 0.336. The molecule has 0 aliphatic carbocycles. The molecule has 3 N–H and O–H groups in total. The molecule has 0 radical (unpaired) electrons. The van der Waals surface area contributed by atoms with Gasteiger partial charge >= 0.3 is 12.0 Å². The molecule has 0 saturated carbocycles. The predicted molar refractivity (Wildman–Crippen MR) is 102 cm³/mol. The van der Waals surface area contributed by atoms with Gasteiger partial charge in [0.2, 0.25) is 0 Å². The summed E-state index contributed by atoms with van der Waals surface area (Å²) in [4.78, 5) is 35.6. The molecule has 3 amide bonds. The molecule has 0 aromatic heterocycles. The molecule has 0 spiro atoms. The number of nitrogens with one attached hydrogen (secondary N) is 1. The Morgan fingerprint density at radius 2 is 1.59 bits per heavy atom. The Balaban J connectivity index is 2.13. The van der Waals surface area contributed by atoms with Crippen molar-refractivity contribution in [2.24, 2.45) is 11.7 Å². The van der Waals surface area contributed by atoms with Crippen molar-refractivity contribution in [2.75, 3.05) is 0 Å². The average molecular weight is 368 g/mol. The molecule has 0 aliphatic heterocycles. The largest absolute Gasteiger partial charge is 0.448 e. The zero-order chi connectivity index (χ0) is 19.8. The molecule has 0 bridgehead atoms. The Kier molecular flexibility index (Phi) is 7.11. The summed E-state index contributed by atoms with van der Waals surface area (Å²) in [5, 5.41) is 1.97. The van der Waals surface area contributed by atoms with Crippen LogP contribution in [0.15, 0.2) is 54.6 Å². The first kappa shape index (κ1) is 20.2. The van der Waals surface area contributed by atoms with E-state index in [0.717, 1.165) is 12.0 Å². The highest BCUT2D eigenvalue weighted by Crippen LogP contribution is 2.17. The van der Waals surface area contributed by atoms with Gasteiger partial charge in [-0.25, -0.2) is 9.59 Å². The van der Waals surface area contributed by atoms with E-state index in [1.807, 2.05) is 47.8 Å². The maximum atomic E-state index is 12.7. The molecule has 1 unspecified atom stereocenters. The number of hydrogen-bond acceptors (Lipinski definition) is 4. The molecule has 142 valence electrons. The number of urea groups is 1. The minimum atomic E-state index is -1.10. The number of carbonyl (C=O) groups is 3. The number of primary amides is 1. The smallest absolute Gasteiger partial charge is 0.339 e. The number of rotatable bonds is 7. The normalized spacial score (nSPS) is 11.7. The van der Waals surface area contributed by atoms with Crippen LogP contribution < -0.4 is 11.1 Å². The molecule has 27 heavy (non-hydrogen) atoms. The van der Waals surface area contributed by atoms with Crippen molar-refractivity contribution in [1.29, 1.82) is 0 Å². The zero-order valence-electron chi connectivity index (χ0n) is 15.5. The standard InChI is InChI=1S/C21H24N2O4/c1-14(2)18(19(24)23-21(22)26)27-20(25)17-11-7-6-10-16(17)13-12-15-8-4-3-5-9-15/h3-11,14,18H,12-13H2,1-2H3,(H3,22,23,24,26). The van der Waals surface area contributed by atoms with Crippen LogP contribution in [0.1, 0.15) is 35.3 Å². The summed E-state index contributed by atoms with van der Waals surface area (Å²) < 4.78 is 5.39. The quantitative estimate of drug-likeness (QED) is 0.734. The van der Waals surface area contributed by atoms with Crippen LogP contribution in [-0.4, -0.2) is 24.0 Å². The first-order chi connectivity index (χ1) is 12.9. The fourth-order valence-electron chi connectivity index (χ4n) is 2.72. The average Bonchev–Trinajstić information content (AvgIpc) is 2.64. The lowest BCUT2D eigenvalue weighted by Gasteiger charge is -2.20. The van der Waals surface area contributed by atoms with E-state index in [1.54, 1.807) is 26.0 Å². The Labute approximate surface area is 158 Å². The fourth-order valence-corrected chi connectivity index (χ4v) is 2.72. The van der Waals surface area contributed by atoms with Crippen LogP contribution in [0, 0.1) is 5.92 Å². The summed E-state index contributed by atoms with van der Waals surface area (Å²) >= 11 is 0. The van der Waals surface area contributed by atoms with E-state index >= 15 is 0 Å². The van der Waals surface area contributed by atoms with Crippen LogP contribution >= 0.6 is 0 Å². The number of hydrogen-bond donors (Lipinski definition) is 2. The van der Waals surface area contributed by atoms with Gasteiger partial charge in [-0.3, -0.25) is 10.1 Å². The lowest BCUT2D eigenvalue weighted by Crippen LogP contribution is -2.45. The monoisotopic (exact) mass is 368 g/mol. The first-order valence-corrected chi connectivity index (χ1v) is 8.81. The topological polar surface area (TPSA) is 98.5 Å². The van der Waals surface area contributed by atoms with Crippen molar-refractivity contribution < 1.29 is 19.1 Å². The zero-order valence-corrected chi connectivity index (χ0v) is 15.5. The maximum absolute atomic E-state index is 12.7. The van der Waals surface area contributed by atoms with Gasteiger partial charge in [-0.1, -0.05) is 62.4 Å². The molecule has 6 nitrogen and oxygen atoms in total. The van der Waals surface area contributed by atoms with E-state index in [1.165, 1.54) is 5.56 Å². The van der Waals surface area contributed by atoms with Crippen molar-refractivity contribution in [3.63, 3.8) is 0 Å². The maximum Gasteiger partial charge on any atom is 0.339 e. The molecule has 2 aromatic carbocycles. The molecule has 2 aromatic rings. The Bertz CT molecular complexity index is 803. The number of ether oxygens (including phenoxy) is 1. The molecule has 2 rings (SSSR count). The second-order valence-corrected chi connectivity index (χ2v) is 6.57. The van der Waals surface area contributed by atoms with Crippen molar-refractivity contribution in [2.45, 2.75) is 32.8 Å². The van der Waals surface area contributed by atoms with Crippen LogP contribution in [-0.2, 0) is 22.4 Å². The predicted octanol–water partition coefficient (Wildman–Crippen LogP) is 2.85.